The van der Waals surface area contributed by atoms with Crippen LogP contribution in [0, 0.1) is 5.92 Å². The highest BCUT2D eigenvalue weighted by Crippen LogP contribution is 2.29. The van der Waals surface area contributed by atoms with E-state index < -0.39 is 0 Å². The fourth-order valence-corrected chi connectivity index (χ4v) is 1.63. The van der Waals surface area contributed by atoms with Crippen molar-refractivity contribution in [2.75, 3.05) is 19.6 Å². The van der Waals surface area contributed by atoms with Crippen LogP contribution in [0.2, 0.25) is 0 Å². The maximum atomic E-state index is 2.62. The summed E-state index contributed by atoms with van der Waals surface area (Å²) in [5.74, 6) is 1.06. The molecule has 0 radical (unpaired) electrons. The molecule has 0 aromatic carbocycles. The second kappa shape index (κ2) is 9.51. The number of hydrogen-bond acceptors (Lipinski definition) is 1. The summed E-state index contributed by atoms with van der Waals surface area (Å²) in [6.45, 7) is 12.5. The Balaban J connectivity index is 0.000000791. The maximum absolute atomic E-state index is 2.62. The van der Waals surface area contributed by atoms with Gasteiger partial charge in [-0.15, -0.1) is 0 Å². The van der Waals surface area contributed by atoms with E-state index in [1.807, 2.05) is 13.8 Å². The zero-order valence-corrected chi connectivity index (χ0v) is 10.7. The molecule has 0 aromatic heterocycles. The summed E-state index contributed by atoms with van der Waals surface area (Å²) in [6.07, 6.45) is 7.13. The molecule has 1 heteroatoms. The first-order valence-corrected chi connectivity index (χ1v) is 6.59. The minimum Gasteiger partial charge on any atom is -0.303 e. The quantitative estimate of drug-likeness (QED) is 0.561. The second-order valence-corrected chi connectivity index (χ2v) is 4.04. The van der Waals surface area contributed by atoms with Crippen molar-refractivity contribution in [3.63, 3.8) is 0 Å². The van der Waals surface area contributed by atoms with E-state index in [1.165, 1.54) is 51.7 Å². The van der Waals surface area contributed by atoms with Gasteiger partial charge in [-0.2, -0.15) is 0 Å². The van der Waals surface area contributed by atoms with E-state index in [9.17, 15) is 0 Å². The maximum Gasteiger partial charge on any atom is 0.000954 e. The molecule has 0 spiro atoms. The summed E-state index contributed by atoms with van der Waals surface area (Å²) >= 11 is 0. The first-order valence-electron chi connectivity index (χ1n) is 6.59. The molecule has 0 aliphatic heterocycles. The summed E-state index contributed by atoms with van der Waals surface area (Å²) < 4.78 is 0. The van der Waals surface area contributed by atoms with Crippen LogP contribution in [0.25, 0.3) is 0 Å². The van der Waals surface area contributed by atoms with E-state index in [0.717, 1.165) is 5.92 Å². The molecule has 1 nitrogen and oxygen atoms in total. The summed E-state index contributed by atoms with van der Waals surface area (Å²) in [5, 5.41) is 0. The van der Waals surface area contributed by atoms with Gasteiger partial charge in [0.15, 0.2) is 0 Å². The van der Waals surface area contributed by atoms with E-state index in [0.29, 0.717) is 0 Å². The summed E-state index contributed by atoms with van der Waals surface area (Å²) in [5.41, 5.74) is 0. The van der Waals surface area contributed by atoms with Crippen molar-refractivity contribution in [3.05, 3.63) is 0 Å². The molecule has 0 N–H and O–H groups in total. The van der Waals surface area contributed by atoms with Crippen molar-refractivity contribution in [1.29, 1.82) is 0 Å². The van der Waals surface area contributed by atoms with Crippen LogP contribution < -0.4 is 0 Å². The van der Waals surface area contributed by atoms with Crippen LogP contribution in [0.1, 0.15) is 59.8 Å². The third-order valence-corrected chi connectivity index (χ3v) is 2.74. The zero-order chi connectivity index (χ0) is 10.8. The zero-order valence-electron chi connectivity index (χ0n) is 10.7. The van der Waals surface area contributed by atoms with Crippen molar-refractivity contribution in [1.82, 2.24) is 4.90 Å². The summed E-state index contributed by atoms with van der Waals surface area (Å²) in [4.78, 5) is 2.62. The molecule has 0 atom stereocenters. The van der Waals surface area contributed by atoms with Crippen molar-refractivity contribution >= 4 is 0 Å². The predicted molar refractivity (Wildman–Crippen MR) is 65.7 cm³/mol. The van der Waals surface area contributed by atoms with E-state index >= 15 is 0 Å². The molecule has 86 valence electrons. The van der Waals surface area contributed by atoms with Gasteiger partial charge in [-0.05, 0) is 38.3 Å². The molecule has 14 heavy (non-hydrogen) atoms. The third-order valence-electron chi connectivity index (χ3n) is 2.74. The first kappa shape index (κ1) is 14.0. The van der Waals surface area contributed by atoms with Gasteiger partial charge in [-0.25, -0.2) is 0 Å². The lowest BCUT2D eigenvalue weighted by atomic mass is 10.2. The molecule has 1 aliphatic rings. The average Bonchev–Trinajstić information content (AvgIpc) is 3.03. The Hall–Kier alpha value is -0.0400. The van der Waals surface area contributed by atoms with Gasteiger partial charge in [-0.3, -0.25) is 0 Å². The highest BCUT2D eigenvalue weighted by molar-refractivity contribution is 4.76. The largest absolute Gasteiger partial charge is 0.303 e. The molecular weight excluding hydrogens is 170 g/mol. The van der Waals surface area contributed by atoms with Gasteiger partial charge in [0.25, 0.3) is 0 Å². The van der Waals surface area contributed by atoms with E-state index in [2.05, 4.69) is 18.7 Å². The van der Waals surface area contributed by atoms with Crippen LogP contribution in [0.3, 0.4) is 0 Å². The van der Waals surface area contributed by atoms with Crippen LogP contribution in [-0.4, -0.2) is 24.5 Å². The van der Waals surface area contributed by atoms with Crippen LogP contribution in [0.15, 0.2) is 0 Å². The topological polar surface area (TPSA) is 3.24 Å². The van der Waals surface area contributed by atoms with Gasteiger partial charge in [0.2, 0.25) is 0 Å². The monoisotopic (exact) mass is 199 g/mol. The Morgan fingerprint density at radius 2 is 1.71 bits per heavy atom. The standard InChI is InChI=1S/C11H23N.C2H6/c1-3-5-6-9-12(4-2)10-11-7-8-11;1-2/h11H,3-10H2,1-2H3;1-2H3. The van der Waals surface area contributed by atoms with Gasteiger partial charge in [0, 0.05) is 6.54 Å². The van der Waals surface area contributed by atoms with Crippen LogP contribution in [0.5, 0.6) is 0 Å². The molecular formula is C13H29N. The Labute approximate surface area is 90.9 Å². The van der Waals surface area contributed by atoms with Gasteiger partial charge >= 0.3 is 0 Å². The SMILES string of the molecule is CC.CCCCCN(CC)CC1CC1. The van der Waals surface area contributed by atoms with Crippen molar-refractivity contribution in [2.45, 2.75) is 59.8 Å². The van der Waals surface area contributed by atoms with Gasteiger partial charge in [0.05, 0.1) is 0 Å². The predicted octanol–water partition coefficient (Wildman–Crippen LogP) is 3.93. The minimum absolute atomic E-state index is 1.06. The highest BCUT2D eigenvalue weighted by Gasteiger charge is 2.23. The fraction of sp³-hybridized carbons (Fsp3) is 1.00. The molecule has 0 saturated heterocycles. The van der Waals surface area contributed by atoms with Crippen molar-refractivity contribution in [2.24, 2.45) is 5.92 Å². The molecule has 1 rings (SSSR count). The Kier molecular flexibility index (Phi) is 9.49. The first-order chi connectivity index (χ1) is 6.86. The molecule has 1 aliphatic carbocycles. The molecule has 0 unspecified atom stereocenters. The summed E-state index contributed by atoms with van der Waals surface area (Å²) in [7, 11) is 0. The number of hydrogen-bond donors (Lipinski definition) is 0. The molecule has 0 amide bonds. The number of nitrogens with zero attached hydrogens (tertiary/aromatic N) is 1. The van der Waals surface area contributed by atoms with Gasteiger partial charge < -0.3 is 4.90 Å². The van der Waals surface area contributed by atoms with E-state index in [1.54, 1.807) is 0 Å². The molecule has 0 heterocycles. The Morgan fingerprint density at radius 3 is 2.14 bits per heavy atom. The Bertz CT molecular complexity index is 108. The molecule has 0 aromatic rings. The third kappa shape index (κ3) is 7.37. The van der Waals surface area contributed by atoms with Crippen LogP contribution in [-0.2, 0) is 0 Å². The van der Waals surface area contributed by atoms with Crippen molar-refractivity contribution in [3.8, 4) is 0 Å². The summed E-state index contributed by atoms with van der Waals surface area (Å²) in [6, 6.07) is 0. The second-order valence-electron chi connectivity index (χ2n) is 4.04. The van der Waals surface area contributed by atoms with Gasteiger partial charge in [-0.1, -0.05) is 40.5 Å². The van der Waals surface area contributed by atoms with Crippen molar-refractivity contribution < 1.29 is 0 Å². The van der Waals surface area contributed by atoms with Gasteiger partial charge in [0.1, 0.15) is 0 Å². The fourth-order valence-electron chi connectivity index (χ4n) is 1.63. The highest BCUT2D eigenvalue weighted by atomic mass is 15.1. The number of unbranched alkanes of at least 4 members (excludes halogenated alkanes) is 2. The lowest BCUT2D eigenvalue weighted by Gasteiger charge is -2.19. The van der Waals surface area contributed by atoms with Crippen LogP contribution >= 0.6 is 0 Å². The lowest BCUT2D eigenvalue weighted by Crippen LogP contribution is -2.26. The van der Waals surface area contributed by atoms with E-state index in [4.69, 9.17) is 0 Å². The van der Waals surface area contributed by atoms with Crippen LogP contribution in [0.4, 0.5) is 0 Å². The smallest absolute Gasteiger partial charge is 0.000954 e. The molecule has 1 fully saturated rings. The molecule has 1 saturated carbocycles. The normalized spacial score (nSPS) is 15.2. The molecule has 0 bridgehead atoms. The average molecular weight is 199 g/mol. The van der Waals surface area contributed by atoms with E-state index in [-0.39, 0.29) is 0 Å². The number of rotatable bonds is 7. The lowest BCUT2D eigenvalue weighted by molar-refractivity contribution is 0.270. The minimum atomic E-state index is 1.06. The Morgan fingerprint density at radius 1 is 1.07 bits per heavy atom.